The van der Waals surface area contributed by atoms with Crippen LogP contribution >= 0.6 is 23.2 Å². The van der Waals surface area contributed by atoms with E-state index in [2.05, 4.69) is 14.9 Å². The van der Waals surface area contributed by atoms with E-state index < -0.39 is 6.10 Å². The van der Waals surface area contributed by atoms with E-state index in [9.17, 15) is 5.11 Å². The van der Waals surface area contributed by atoms with Crippen LogP contribution in [0.2, 0.25) is 10.0 Å². The molecule has 1 N–H and O–H groups in total. The average molecular weight is 411 g/mol. The number of hydrogen-bond donors (Lipinski definition) is 1. The first-order chi connectivity index (χ1) is 13.6. The SMILES string of the molecule is O[C@H](Cn1nnc2ccccc21)Cn1c2ccc(Cl)cc2c2cc(Cl)ccc21. The largest absolute Gasteiger partial charge is 0.389 e. The number of fused-ring (bicyclic) bond motifs is 4. The van der Waals surface area contributed by atoms with Crippen molar-refractivity contribution in [1.82, 2.24) is 19.6 Å². The summed E-state index contributed by atoms with van der Waals surface area (Å²) in [5.41, 5.74) is 3.73. The van der Waals surface area contributed by atoms with Gasteiger partial charge in [0.25, 0.3) is 0 Å². The summed E-state index contributed by atoms with van der Waals surface area (Å²) in [5, 5.41) is 22.5. The summed E-state index contributed by atoms with van der Waals surface area (Å²) in [6.07, 6.45) is -0.643. The van der Waals surface area contributed by atoms with Gasteiger partial charge in [0.05, 0.1) is 24.7 Å². The van der Waals surface area contributed by atoms with Crippen molar-refractivity contribution < 1.29 is 5.11 Å². The molecule has 0 aliphatic heterocycles. The standard InChI is InChI=1S/C21H16Cl2N4O/c22-13-5-7-19-16(9-13)17-10-14(23)6-8-20(17)26(19)11-15(28)12-27-21-4-2-1-3-18(21)24-25-27/h1-10,15,28H,11-12H2/t15-/m0/s1. The smallest absolute Gasteiger partial charge is 0.113 e. The van der Waals surface area contributed by atoms with Gasteiger partial charge in [-0.25, -0.2) is 4.68 Å². The van der Waals surface area contributed by atoms with Crippen molar-refractivity contribution in [2.45, 2.75) is 19.2 Å². The Morgan fingerprint density at radius 2 is 1.46 bits per heavy atom. The zero-order valence-electron chi connectivity index (χ0n) is 14.8. The highest BCUT2D eigenvalue weighted by Crippen LogP contribution is 2.33. The Balaban J connectivity index is 1.55. The van der Waals surface area contributed by atoms with Crippen molar-refractivity contribution in [2.24, 2.45) is 0 Å². The molecule has 0 saturated carbocycles. The molecule has 7 heteroatoms. The third-order valence-corrected chi connectivity index (χ3v) is 5.46. The molecule has 0 radical (unpaired) electrons. The summed E-state index contributed by atoms with van der Waals surface area (Å²) in [4.78, 5) is 0. The monoisotopic (exact) mass is 410 g/mol. The van der Waals surface area contributed by atoms with Crippen LogP contribution in [0.25, 0.3) is 32.8 Å². The fourth-order valence-corrected chi connectivity index (χ4v) is 4.11. The third-order valence-electron chi connectivity index (χ3n) is 4.99. The van der Waals surface area contributed by atoms with E-state index in [4.69, 9.17) is 23.2 Å². The molecule has 140 valence electrons. The van der Waals surface area contributed by atoms with Crippen LogP contribution in [0.15, 0.2) is 60.7 Å². The number of aliphatic hydroxyl groups excluding tert-OH is 1. The molecule has 5 rings (SSSR count). The second-order valence-corrected chi connectivity index (χ2v) is 7.72. The van der Waals surface area contributed by atoms with Gasteiger partial charge >= 0.3 is 0 Å². The van der Waals surface area contributed by atoms with E-state index in [-0.39, 0.29) is 0 Å². The summed E-state index contributed by atoms with van der Waals surface area (Å²) in [6.45, 7) is 0.764. The maximum absolute atomic E-state index is 10.8. The number of nitrogens with zero attached hydrogens (tertiary/aromatic N) is 4. The summed E-state index contributed by atoms with van der Waals surface area (Å²) < 4.78 is 3.84. The van der Waals surface area contributed by atoms with Gasteiger partial charge in [0.15, 0.2) is 0 Å². The van der Waals surface area contributed by atoms with Gasteiger partial charge in [-0.05, 0) is 48.5 Å². The van der Waals surface area contributed by atoms with Crippen LogP contribution < -0.4 is 0 Å². The van der Waals surface area contributed by atoms with Gasteiger partial charge in [0.2, 0.25) is 0 Å². The molecule has 0 bridgehead atoms. The lowest BCUT2D eigenvalue weighted by Gasteiger charge is -2.14. The van der Waals surface area contributed by atoms with Crippen LogP contribution in [0.1, 0.15) is 0 Å². The van der Waals surface area contributed by atoms with E-state index in [1.807, 2.05) is 60.7 Å². The van der Waals surface area contributed by atoms with Gasteiger partial charge in [-0.15, -0.1) is 5.10 Å². The van der Waals surface area contributed by atoms with Crippen LogP contribution in [-0.4, -0.2) is 30.8 Å². The maximum atomic E-state index is 10.8. The molecule has 0 amide bonds. The van der Waals surface area contributed by atoms with Gasteiger partial charge in [0, 0.05) is 31.9 Å². The fourth-order valence-electron chi connectivity index (χ4n) is 3.77. The summed E-state index contributed by atoms with van der Waals surface area (Å²) >= 11 is 12.4. The predicted octanol–water partition coefficient (Wildman–Crippen LogP) is 4.91. The Morgan fingerprint density at radius 3 is 2.14 bits per heavy atom. The molecule has 0 fully saturated rings. The lowest BCUT2D eigenvalue weighted by Crippen LogP contribution is -2.22. The average Bonchev–Trinajstić information content (AvgIpc) is 3.21. The normalized spacial score (nSPS) is 13.0. The fraction of sp³-hybridized carbons (Fsp3) is 0.143. The maximum Gasteiger partial charge on any atom is 0.113 e. The number of hydrogen-bond acceptors (Lipinski definition) is 3. The molecular formula is C21H16Cl2N4O. The van der Waals surface area contributed by atoms with E-state index in [1.165, 1.54) is 0 Å². The van der Waals surface area contributed by atoms with Crippen molar-refractivity contribution in [3.63, 3.8) is 0 Å². The van der Waals surface area contributed by atoms with Gasteiger partial charge < -0.3 is 9.67 Å². The second kappa shape index (κ2) is 6.78. The molecule has 3 aromatic carbocycles. The van der Waals surface area contributed by atoms with E-state index in [0.29, 0.717) is 23.1 Å². The van der Waals surface area contributed by atoms with Crippen molar-refractivity contribution in [2.75, 3.05) is 0 Å². The minimum atomic E-state index is -0.643. The first-order valence-corrected chi connectivity index (χ1v) is 9.69. The predicted molar refractivity (Wildman–Crippen MR) is 113 cm³/mol. The lowest BCUT2D eigenvalue weighted by molar-refractivity contribution is 0.133. The van der Waals surface area contributed by atoms with Crippen molar-refractivity contribution in [3.05, 3.63) is 70.7 Å². The summed E-state index contributed by atoms with van der Waals surface area (Å²) in [5.74, 6) is 0. The molecule has 1 atom stereocenters. The molecule has 28 heavy (non-hydrogen) atoms. The van der Waals surface area contributed by atoms with E-state index >= 15 is 0 Å². The first kappa shape index (κ1) is 17.5. The molecule has 0 spiro atoms. The lowest BCUT2D eigenvalue weighted by atomic mass is 10.1. The van der Waals surface area contributed by atoms with Crippen LogP contribution in [0.4, 0.5) is 0 Å². The minimum Gasteiger partial charge on any atom is -0.389 e. The van der Waals surface area contributed by atoms with Crippen molar-refractivity contribution in [1.29, 1.82) is 0 Å². The molecule has 0 unspecified atom stereocenters. The Kier molecular flexibility index (Phi) is 4.23. The Morgan fingerprint density at radius 1 is 0.821 bits per heavy atom. The summed E-state index contributed by atoms with van der Waals surface area (Å²) in [6, 6.07) is 19.3. The van der Waals surface area contributed by atoms with Crippen molar-refractivity contribution >= 4 is 56.0 Å². The van der Waals surface area contributed by atoms with Gasteiger partial charge in [0.1, 0.15) is 5.52 Å². The van der Waals surface area contributed by atoms with Gasteiger partial charge in [-0.2, -0.15) is 0 Å². The first-order valence-electron chi connectivity index (χ1n) is 8.93. The number of halogens is 2. The van der Waals surface area contributed by atoms with Crippen LogP contribution in [0.3, 0.4) is 0 Å². The quantitative estimate of drug-likeness (QED) is 0.457. The molecular weight excluding hydrogens is 395 g/mol. The molecule has 0 aliphatic carbocycles. The Bertz CT molecular complexity index is 1270. The van der Waals surface area contributed by atoms with E-state index in [1.54, 1.807) is 4.68 Å². The third kappa shape index (κ3) is 2.92. The van der Waals surface area contributed by atoms with Gasteiger partial charge in [-0.1, -0.05) is 40.5 Å². The minimum absolute atomic E-state index is 0.350. The second-order valence-electron chi connectivity index (χ2n) is 6.85. The summed E-state index contributed by atoms with van der Waals surface area (Å²) in [7, 11) is 0. The molecule has 0 saturated heterocycles. The highest BCUT2D eigenvalue weighted by molar-refractivity contribution is 6.33. The highest BCUT2D eigenvalue weighted by Gasteiger charge is 2.16. The molecule has 2 aromatic heterocycles. The van der Waals surface area contributed by atoms with Crippen LogP contribution in [0, 0.1) is 0 Å². The number of aliphatic hydroxyl groups is 1. The molecule has 5 aromatic rings. The number of para-hydroxylation sites is 1. The molecule has 2 heterocycles. The topological polar surface area (TPSA) is 55.9 Å². The zero-order valence-corrected chi connectivity index (χ0v) is 16.3. The zero-order chi connectivity index (χ0) is 19.3. The molecule has 0 aliphatic rings. The highest BCUT2D eigenvalue weighted by atomic mass is 35.5. The number of aromatic nitrogens is 4. The Labute approximate surface area is 170 Å². The number of rotatable bonds is 4. The van der Waals surface area contributed by atoms with Crippen LogP contribution in [0.5, 0.6) is 0 Å². The van der Waals surface area contributed by atoms with E-state index in [0.717, 1.165) is 32.8 Å². The Hall–Kier alpha value is -2.60. The van der Waals surface area contributed by atoms with Crippen LogP contribution in [-0.2, 0) is 13.1 Å². The van der Waals surface area contributed by atoms with Gasteiger partial charge in [-0.3, -0.25) is 0 Å². The van der Waals surface area contributed by atoms with Crippen molar-refractivity contribution in [3.8, 4) is 0 Å². The number of benzene rings is 3. The molecule has 5 nitrogen and oxygen atoms in total.